The predicted octanol–water partition coefficient (Wildman–Crippen LogP) is 4.04. The number of hydrogen-bond donors (Lipinski definition) is 0. The molecule has 0 radical (unpaired) electrons. The van der Waals surface area contributed by atoms with E-state index in [0.29, 0.717) is 17.8 Å². The maximum Gasteiger partial charge on any atom is 0.293 e. The van der Waals surface area contributed by atoms with Crippen LogP contribution in [0.15, 0.2) is 65.7 Å². The van der Waals surface area contributed by atoms with E-state index >= 15 is 0 Å². The van der Waals surface area contributed by atoms with E-state index in [-0.39, 0.29) is 16.8 Å². The van der Waals surface area contributed by atoms with Gasteiger partial charge in [-0.25, -0.2) is 13.6 Å². The van der Waals surface area contributed by atoms with Gasteiger partial charge in [0.25, 0.3) is 5.56 Å². The zero-order valence-corrected chi connectivity index (χ0v) is 16.1. The fraction of sp³-hybridized carbons (Fsp3) is 0.227. The van der Waals surface area contributed by atoms with Crippen molar-refractivity contribution in [2.24, 2.45) is 0 Å². The first-order valence-corrected chi connectivity index (χ1v) is 9.12. The van der Waals surface area contributed by atoms with Crippen molar-refractivity contribution < 1.29 is 4.39 Å². The molecule has 0 N–H and O–H groups in total. The van der Waals surface area contributed by atoms with Crippen molar-refractivity contribution in [3.63, 3.8) is 0 Å². The normalized spacial score (nSPS) is 11.9. The van der Waals surface area contributed by atoms with Gasteiger partial charge in [-0.2, -0.15) is 10.2 Å². The van der Waals surface area contributed by atoms with E-state index in [2.05, 4.69) is 43.1 Å². The Hall–Kier alpha value is -3.28. The van der Waals surface area contributed by atoms with Crippen LogP contribution in [0.4, 0.5) is 4.39 Å². The van der Waals surface area contributed by atoms with Crippen molar-refractivity contribution in [1.82, 2.24) is 19.4 Å². The molecular formula is C22H21FN4O. The van der Waals surface area contributed by atoms with E-state index in [1.165, 1.54) is 33.2 Å². The first-order chi connectivity index (χ1) is 13.3. The molecule has 28 heavy (non-hydrogen) atoms. The SMILES string of the molecule is CC(C)(C)c1ccc(Cn2ncn3nc(-c4ccc(F)cc4)cc3c2=O)cc1. The second-order valence-corrected chi connectivity index (χ2v) is 7.91. The number of fused-ring (bicyclic) bond motifs is 1. The molecule has 0 aliphatic rings. The molecule has 6 heteroatoms. The summed E-state index contributed by atoms with van der Waals surface area (Å²) in [7, 11) is 0. The summed E-state index contributed by atoms with van der Waals surface area (Å²) >= 11 is 0. The summed E-state index contributed by atoms with van der Waals surface area (Å²) in [4.78, 5) is 12.8. The Morgan fingerprint density at radius 2 is 1.68 bits per heavy atom. The van der Waals surface area contributed by atoms with Gasteiger partial charge in [0.1, 0.15) is 17.7 Å². The van der Waals surface area contributed by atoms with E-state index < -0.39 is 0 Å². The van der Waals surface area contributed by atoms with Crippen LogP contribution in [0.2, 0.25) is 0 Å². The Bertz CT molecular complexity index is 1180. The van der Waals surface area contributed by atoms with Crippen molar-refractivity contribution in [3.8, 4) is 11.3 Å². The Morgan fingerprint density at radius 3 is 2.32 bits per heavy atom. The fourth-order valence-corrected chi connectivity index (χ4v) is 3.10. The lowest BCUT2D eigenvalue weighted by Crippen LogP contribution is -2.25. The second-order valence-electron chi connectivity index (χ2n) is 7.91. The zero-order chi connectivity index (χ0) is 19.9. The third-order valence-corrected chi connectivity index (χ3v) is 4.78. The summed E-state index contributed by atoms with van der Waals surface area (Å²) in [6.45, 7) is 6.89. The highest BCUT2D eigenvalue weighted by atomic mass is 19.1. The van der Waals surface area contributed by atoms with Gasteiger partial charge in [0.15, 0.2) is 0 Å². The van der Waals surface area contributed by atoms with Crippen molar-refractivity contribution in [1.29, 1.82) is 0 Å². The first-order valence-electron chi connectivity index (χ1n) is 9.12. The summed E-state index contributed by atoms with van der Waals surface area (Å²) in [6, 6.07) is 16.0. The number of halogens is 1. The van der Waals surface area contributed by atoms with Crippen LogP contribution in [0.25, 0.3) is 16.8 Å². The number of hydrogen-bond acceptors (Lipinski definition) is 3. The third-order valence-electron chi connectivity index (χ3n) is 4.78. The van der Waals surface area contributed by atoms with Crippen molar-refractivity contribution in [2.45, 2.75) is 32.7 Å². The summed E-state index contributed by atoms with van der Waals surface area (Å²) < 4.78 is 16.0. The van der Waals surface area contributed by atoms with Crippen LogP contribution >= 0.6 is 0 Å². The highest BCUT2D eigenvalue weighted by molar-refractivity contribution is 5.65. The van der Waals surface area contributed by atoms with Crippen LogP contribution in [0.5, 0.6) is 0 Å². The summed E-state index contributed by atoms with van der Waals surface area (Å²) in [5.74, 6) is -0.311. The van der Waals surface area contributed by atoms with E-state index in [1.54, 1.807) is 18.2 Å². The van der Waals surface area contributed by atoms with Gasteiger partial charge < -0.3 is 0 Å². The molecule has 0 bridgehead atoms. The molecule has 142 valence electrons. The molecule has 2 aromatic carbocycles. The van der Waals surface area contributed by atoms with Crippen LogP contribution in [0, 0.1) is 5.82 Å². The smallest absolute Gasteiger partial charge is 0.265 e. The molecule has 0 aliphatic carbocycles. The quantitative estimate of drug-likeness (QED) is 0.542. The summed E-state index contributed by atoms with van der Waals surface area (Å²) in [5.41, 5.74) is 3.89. The lowest BCUT2D eigenvalue weighted by molar-refractivity contribution is 0.588. The first kappa shape index (κ1) is 18.1. The number of rotatable bonds is 3. The average molecular weight is 376 g/mol. The maximum absolute atomic E-state index is 13.1. The monoisotopic (exact) mass is 376 g/mol. The second kappa shape index (κ2) is 6.71. The summed E-state index contributed by atoms with van der Waals surface area (Å²) in [6.07, 6.45) is 1.52. The van der Waals surface area contributed by atoms with Gasteiger partial charge in [-0.15, -0.1) is 0 Å². The van der Waals surface area contributed by atoms with Gasteiger partial charge >= 0.3 is 0 Å². The third kappa shape index (κ3) is 3.45. The van der Waals surface area contributed by atoms with E-state index in [4.69, 9.17) is 0 Å². The Kier molecular flexibility index (Phi) is 4.34. The van der Waals surface area contributed by atoms with Crippen molar-refractivity contribution in [3.05, 3.63) is 88.2 Å². The Labute approximate surface area is 162 Å². The molecule has 0 unspecified atom stereocenters. The molecule has 4 rings (SSSR count). The standard InChI is InChI=1S/C22H21FN4O/c1-22(2,3)17-8-4-15(5-9-17)13-26-21(28)20-12-19(25-27(20)14-24-26)16-6-10-18(23)11-7-16/h4-12,14H,13H2,1-3H3. The van der Waals surface area contributed by atoms with Crippen LogP contribution in [-0.4, -0.2) is 19.4 Å². The van der Waals surface area contributed by atoms with Gasteiger partial charge in [0.05, 0.1) is 12.2 Å². The molecular weight excluding hydrogens is 355 g/mol. The predicted molar refractivity (Wildman–Crippen MR) is 107 cm³/mol. The van der Waals surface area contributed by atoms with Crippen molar-refractivity contribution in [2.75, 3.05) is 0 Å². The highest BCUT2D eigenvalue weighted by Crippen LogP contribution is 2.22. The van der Waals surface area contributed by atoms with Crippen LogP contribution < -0.4 is 5.56 Å². The minimum absolute atomic E-state index is 0.0842. The Morgan fingerprint density at radius 1 is 1.00 bits per heavy atom. The molecule has 0 amide bonds. The maximum atomic E-state index is 13.1. The minimum Gasteiger partial charge on any atom is -0.265 e. The molecule has 2 aromatic heterocycles. The molecule has 4 aromatic rings. The zero-order valence-electron chi connectivity index (χ0n) is 16.1. The lowest BCUT2D eigenvalue weighted by atomic mass is 9.87. The topological polar surface area (TPSA) is 52.2 Å². The average Bonchev–Trinajstić information content (AvgIpc) is 3.09. The molecule has 5 nitrogen and oxygen atoms in total. The molecule has 0 atom stereocenters. The molecule has 0 saturated heterocycles. The Balaban J connectivity index is 1.66. The lowest BCUT2D eigenvalue weighted by Gasteiger charge is -2.19. The summed E-state index contributed by atoms with van der Waals surface area (Å²) in [5, 5.41) is 8.62. The van der Waals surface area contributed by atoms with Crippen LogP contribution in [0.1, 0.15) is 31.9 Å². The molecule has 0 spiro atoms. The molecule has 0 aliphatic heterocycles. The number of nitrogens with zero attached hydrogens (tertiary/aromatic N) is 4. The van der Waals surface area contributed by atoms with Gasteiger partial charge in [-0.1, -0.05) is 45.0 Å². The molecule has 0 saturated carbocycles. The minimum atomic E-state index is -0.311. The number of aromatic nitrogens is 4. The van der Waals surface area contributed by atoms with E-state index in [9.17, 15) is 9.18 Å². The highest BCUT2D eigenvalue weighted by Gasteiger charge is 2.14. The van der Waals surface area contributed by atoms with Crippen LogP contribution in [-0.2, 0) is 12.0 Å². The van der Waals surface area contributed by atoms with E-state index in [1.807, 2.05) is 12.1 Å². The molecule has 0 fully saturated rings. The van der Waals surface area contributed by atoms with E-state index in [0.717, 1.165) is 11.1 Å². The van der Waals surface area contributed by atoms with Gasteiger partial charge in [0, 0.05) is 5.56 Å². The van der Waals surface area contributed by atoms with Gasteiger partial charge in [-0.05, 0) is 46.9 Å². The fourth-order valence-electron chi connectivity index (χ4n) is 3.10. The van der Waals surface area contributed by atoms with Crippen LogP contribution in [0.3, 0.4) is 0 Å². The van der Waals surface area contributed by atoms with Gasteiger partial charge in [0.2, 0.25) is 0 Å². The number of benzene rings is 2. The van der Waals surface area contributed by atoms with Gasteiger partial charge in [-0.3, -0.25) is 4.79 Å². The largest absolute Gasteiger partial charge is 0.293 e. The van der Waals surface area contributed by atoms with Crippen molar-refractivity contribution >= 4 is 5.52 Å². The molecule has 2 heterocycles.